The minimum atomic E-state index is -1.25. The van der Waals surface area contributed by atoms with Gasteiger partial charge in [-0.1, -0.05) is 17.3 Å². The lowest BCUT2D eigenvalue weighted by Gasteiger charge is -2.21. The second-order valence-electron chi connectivity index (χ2n) is 5.19. The van der Waals surface area contributed by atoms with Gasteiger partial charge in [-0.05, 0) is 31.5 Å². The van der Waals surface area contributed by atoms with Crippen molar-refractivity contribution in [3.8, 4) is 0 Å². The summed E-state index contributed by atoms with van der Waals surface area (Å²) in [6, 6.07) is 4.85. The molecular weight excluding hydrogens is 291 g/mol. The standard InChI is InChI=1S/C14H13FN4O3/c1-8-16-11(22-18-8)7-19-12(20)14(2,17-13(19)21)9-3-5-10(15)6-4-9/h3-6H,7H2,1-2H3,(H,17,21)/t14-/m1/s1. The molecule has 0 spiro atoms. The molecule has 0 aliphatic carbocycles. The number of urea groups is 1. The smallest absolute Gasteiger partial charge is 0.325 e. The van der Waals surface area contributed by atoms with Crippen molar-refractivity contribution in [3.05, 3.63) is 47.4 Å². The highest BCUT2D eigenvalue weighted by Gasteiger charge is 2.49. The molecule has 1 aromatic heterocycles. The highest BCUT2D eigenvalue weighted by atomic mass is 19.1. The molecule has 0 bridgehead atoms. The third-order valence-electron chi connectivity index (χ3n) is 3.56. The van der Waals surface area contributed by atoms with Crippen LogP contribution >= 0.6 is 0 Å². The lowest BCUT2D eigenvalue weighted by atomic mass is 9.92. The molecule has 1 aromatic carbocycles. The van der Waals surface area contributed by atoms with Gasteiger partial charge in [-0.2, -0.15) is 4.98 Å². The van der Waals surface area contributed by atoms with Crippen LogP contribution in [-0.4, -0.2) is 27.0 Å². The van der Waals surface area contributed by atoms with E-state index in [2.05, 4.69) is 15.5 Å². The number of carbonyl (C=O) groups excluding carboxylic acids is 2. The molecule has 1 saturated heterocycles. The van der Waals surface area contributed by atoms with Gasteiger partial charge in [-0.25, -0.2) is 9.18 Å². The largest absolute Gasteiger partial charge is 0.337 e. The number of carbonyl (C=O) groups is 2. The molecule has 0 radical (unpaired) electrons. The van der Waals surface area contributed by atoms with Crippen LogP contribution in [0.4, 0.5) is 9.18 Å². The van der Waals surface area contributed by atoms with Crippen molar-refractivity contribution in [1.29, 1.82) is 0 Å². The summed E-state index contributed by atoms with van der Waals surface area (Å²) in [5.74, 6) is -0.282. The first-order valence-electron chi connectivity index (χ1n) is 6.59. The zero-order chi connectivity index (χ0) is 15.9. The highest BCUT2D eigenvalue weighted by Crippen LogP contribution is 2.29. The van der Waals surface area contributed by atoms with E-state index in [1.165, 1.54) is 24.3 Å². The molecule has 22 heavy (non-hydrogen) atoms. The second kappa shape index (κ2) is 4.90. The second-order valence-corrected chi connectivity index (χ2v) is 5.19. The molecule has 1 aliphatic rings. The molecule has 0 unspecified atom stereocenters. The van der Waals surface area contributed by atoms with Gasteiger partial charge in [0, 0.05) is 0 Å². The van der Waals surface area contributed by atoms with Gasteiger partial charge in [0.25, 0.3) is 5.91 Å². The molecule has 3 rings (SSSR count). The molecule has 1 N–H and O–H groups in total. The molecule has 1 atom stereocenters. The molecular formula is C14H13FN4O3. The van der Waals surface area contributed by atoms with Gasteiger partial charge in [0.05, 0.1) is 0 Å². The fourth-order valence-corrected chi connectivity index (χ4v) is 2.36. The summed E-state index contributed by atoms with van der Waals surface area (Å²) in [4.78, 5) is 29.6. The Bertz CT molecular complexity index is 743. The van der Waals surface area contributed by atoms with Crippen LogP contribution in [0.5, 0.6) is 0 Å². The summed E-state index contributed by atoms with van der Waals surface area (Å²) in [6.45, 7) is 3.10. The Morgan fingerprint density at radius 3 is 2.59 bits per heavy atom. The van der Waals surface area contributed by atoms with E-state index in [1.807, 2.05) is 0 Å². The van der Waals surface area contributed by atoms with E-state index >= 15 is 0 Å². The highest BCUT2D eigenvalue weighted by molar-refractivity contribution is 6.07. The summed E-state index contributed by atoms with van der Waals surface area (Å²) in [6.07, 6.45) is 0. The van der Waals surface area contributed by atoms with E-state index in [-0.39, 0.29) is 12.4 Å². The van der Waals surface area contributed by atoms with Crippen LogP contribution in [0.25, 0.3) is 0 Å². The van der Waals surface area contributed by atoms with Gasteiger partial charge in [-0.15, -0.1) is 0 Å². The summed E-state index contributed by atoms with van der Waals surface area (Å²) in [5, 5.41) is 6.23. The number of benzene rings is 1. The maximum absolute atomic E-state index is 13.0. The van der Waals surface area contributed by atoms with Crippen LogP contribution in [0, 0.1) is 12.7 Å². The average molecular weight is 304 g/mol. The zero-order valence-corrected chi connectivity index (χ0v) is 12.0. The molecule has 2 heterocycles. The Balaban J connectivity index is 1.88. The molecule has 3 amide bonds. The van der Waals surface area contributed by atoms with Gasteiger partial charge < -0.3 is 9.84 Å². The number of aryl methyl sites for hydroxylation is 1. The fourth-order valence-electron chi connectivity index (χ4n) is 2.36. The topological polar surface area (TPSA) is 88.3 Å². The molecule has 1 aliphatic heterocycles. The van der Waals surface area contributed by atoms with Crippen LogP contribution in [0.2, 0.25) is 0 Å². The predicted octanol–water partition coefficient (Wildman–Crippen LogP) is 1.48. The number of amides is 3. The zero-order valence-electron chi connectivity index (χ0n) is 12.0. The van der Waals surface area contributed by atoms with Crippen LogP contribution in [0.3, 0.4) is 0 Å². The third-order valence-corrected chi connectivity index (χ3v) is 3.56. The number of nitrogens with one attached hydrogen (secondary N) is 1. The van der Waals surface area contributed by atoms with E-state index in [1.54, 1.807) is 13.8 Å². The fraction of sp³-hybridized carbons (Fsp3) is 0.286. The van der Waals surface area contributed by atoms with E-state index in [0.29, 0.717) is 11.4 Å². The normalized spacial score (nSPS) is 21.3. The lowest BCUT2D eigenvalue weighted by Crippen LogP contribution is -2.40. The number of hydrogen-bond acceptors (Lipinski definition) is 5. The number of aromatic nitrogens is 2. The van der Waals surface area contributed by atoms with Crippen molar-refractivity contribution >= 4 is 11.9 Å². The number of rotatable bonds is 3. The molecule has 1 fully saturated rings. The third kappa shape index (κ3) is 2.22. The van der Waals surface area contributed by atoms with Gasteiger partial charge >= 0.3 is 6.03 Å². The first kappa shape index (κ1) is 14.2. The monoisotopic (exact) mass is 304 g/mol. The van der Waals surface area contributed by atoms with Crippen LogP contribution < -0.4 is 5.32 Å². The molecule has 7 nitrogen and oxygen atoms in total. The predicted molar refractivity (Wildman–Crippen MR) is 71.9 cm³/mol. The number of nitrogens with zero attached hydrogens (tertiary/aromatic N) is 3. The molecule has 0 saturated carbocycles. The van der Waals surface area contributed by atoms with Gasteiger partial charge in [-0.3, -0.25) is 9.69 Å². The Hall–Kier alpha value is -2.77. The molecule has 2 aromatic rings. The number of imide groups is 1. The number of hydrogen-bond donors (Lipinski definition) is 1. The van der Waals surface area contributed by atoms with Crippen LogP contribution in [0.15, 0.2) is 28.8 Å². The van der Waals surface area contributed by atoms with Crippen molar-refractivity contribution in [1.82, 2.24) is 20.4 Å². The quantitative estimate of drug-likeness (QED) is 0.868. The van der Waals surface area contributed by atoms with Crippen molar-refractivity contribution in [2.24, 2.45) is 0 Å². The minimum Gasteiger partial charge on any atom is -0.337 e. The molecule has 114 valence electrons. The van der Waals surface area contributed by atoms with E-state index in [4.69, 9.17) is 4.52 Å². The number of halogens is 1. The maximum Gasteiger partial charge on any atom is 0.325 e. The summed E-state index contributed by atoms with van der Waals surface area (Å²) in [7, 11) is 0. The van der Waals surface area contributed by atoms with E-state index in [9.17, 15) is 14.0 Å². The summed E-state index contributed by atoms with van der Waals surface area (Å²) >= 11 is 0. The summed E-state index contributed by atoms with van der Waals surface area (Å²) in [5.41, 5.74) is -0.753. The first-order chi connectivity index (χ1) is 10.4. The molecule has 8 heteroatoms. The van der Waals surface area contributed by atoms with Crippen molar-refractivity contribution in [2.75, 3.05) is 0 Å². The Labute approximate surface area is 125 Å². The van der Waals surface area contributed by atoms with Gasteiger partial charge in [0.15, 0.2) is 5.82 Å². The first-order valence-corrected chi connectivity index (χ1v) is 6.59. The van der Waals surface area contributed by atoms with Gasteiger partial charge in [0.1, 0.15) is 17.9 Å². The summed E-state index contributed by atoms with van der Waals surface area (Å²) < 4.78 is 18.0. The van der Waals surface area contributed by atoms with Crippen molar-refractivity contribution in [3.63, 3.8) is 0 Å². The Morgan fingerprint density at radius 2 is 2.00 bits per heavy atom. The maximum atomic E-state index is 13.0. The van der Waals surface area contributed by atoms with Crippen LogP contribution in [-0.2, 0) is 16.9 Å². The van der Waals surface area contributed by atoms with Crippen molar-refractivity contribution < 1.29 is 18.5 Å². The van der Waals surface area contributed by atoms with Gasteiger partial charge in [0.2, 0.25) is 5.89 Å². The minimum absolute atomic E-state index is 0.109. The van der Waals surface area contributed by atoms with E-state index < -0.39 is 23.3 Å². The average Bonchev–Trinajstić information content (AvgIpc) is 2.97. The lowest BCUT2D eigenvalue weighted by molar-refractivity contribution is -0.131. The Kier molecular flexibility index (Phi) is 3.16. The van der Waals surface area contributed by atoms with Crippen LogP contribution in [0.1, 0.15) is 24.2 Å². The SMILES string of the molecule is Cc1noc(CN2C(=O)N[C@](C)(c3ccc(F)cc3)C2=O)n1. The van der Waals surface area contributed by atoms with Crippen molar-refractivity contribution in [2.45, 2.75) is 25.9 Å². The van der Waals surface area contributed by atoms with E-state index in [0.717, 1.165) is 4.90 Å². The Morgan fingerprint density at radius 1 is 1.32 bits per heavy atom.